The summed E-state index contributed by atoms with van der Waals surface area (Å²) in [5.41, 5.74) is 2.52. The van der Waals surface area contributed by atoms with E-state index in [2.05, 4.69) is 10.3 Å². The van der Waals surface area contributed by atoms with Gasteiger partial charge in [-0.3, -0.25) is 0 Å². The van der Waals surface area contributed by atoms with Gasteiger partial charge in [-0.15, -0.1) is 0 Å². The lowest BCUT2D eigenvalue weighted by Gasteiger charge is -2.20. The molecule has 2 aromatic carbocycles. The highest BCUT2D eigenvalue weighted by Crippen LogP contribution is 2.36. The van der Waals surface area contributed by atoms with Gasteiger partial charge in [-0.25, -0.2) is 18.5 Å². The zero-order valence-electron chi connectivity index (χ0n) is 15.5. The monoisotopic (exact) mass is 409 g/mol. The number of hydrogen-bond donors (Lipinski definition) is 3. The van der Waals surface area contributed by atoms with E-state index in [1.165, 1.54) is 12.1 Å². The molecule has 4 N–H and O–H groups in total. The van der Waals surface area contributed by atoms with Gasteiger partial charge in [0, 0.05) is 22.3 Å². The number of phenols is 1. The standard InChI is InChI=1S/C21H19N3O4S/c1-13-4-5-14-6-11-17(21(25)19(14)23-13)20(18-3-2-12-28-18)24-15-7-9-16(10-8-15)29(22,26)27/h2-12,20,24-25H,1H3,(H2,22,26,27). The quantitative estimate of drug-likeness (QED) is 0.463. The van der Waals surface area contributed by atoms with Gasteiger partial charge in [0.15, 0.2) is 0 Å². The fourth-order valence-corrected chi connectivity index (χ4v) is 3.70. The van der Waals surface area contributed by atoms with E-state index in [0.717, 1.165) is 11.1 Å². The summed E-state index contributed by atoms with van der Waals surface area (Å²) < 4.78 is 28.5. The fourth-order valence-electron chi connectivity index (χ4n) is 3.18. The molecule has 0 aliphatic rings. The molecule has 8 heteroatoms. The molecule has 0 aliphatic heterocycles. The zero-order chi connectivity index (χ0) is 20.6. The predicted molar refractivity (Wildman–Crippen MR) is 110 cm³/mol. The van der Waals surface area contributed by atoms with Gasteiger partial charge in [0.2, 0.25) is 10.0 Å². The maximum absolute atomic E-state index is 11.5. The van der Waals surface area contributed by atoms with Crippen LogP contribution in [0.5, 0.6) is 5.75 Å². The first-order valence-corrected chi connectivity index (χ1v) is 10.4. The average molecular weight is 409 g/mol. The molecule has 4 rings (SSSR count). The van der Waals surface area contributed by atoms with E-state index < -0.39 is 16.1 Å². The molecule has 0 aliphatic carbocycles. The fraction of sp³-hybridized carbons (Fsp3) is 0.0952. The summed E-state index contributed by atoms with van der Waals surface area (Å²) in [6, 6.07) is 16.6. The summed E-state index contributed by atoms with van der Waals surface area (Å²) in [5.74, 6) is 0.643. The third-order valence-corrected chi connectivity index (χ3v) is 5.57. The van der Waals surface area contributed by atoms with Crippen LogP contribution in [-0.2, 0) is 10.0 Å². The smallest absolute Gasteiger partial charge is 0.238 e. The number of hydrogen-bond acceptors (Lipinski definition) is 6. The van der Waals surface area contributed by atoms with Gasteiger partial charge in [0.05, 0.1) is 11.2 Å². The van der Waals surface area contributed by atoms with E-state index in [-0.39, 0.29) is 10.6 Å². The minimum absolute atomic E-state index is 0.0193. The number of rotatable bonds is 5. The van der Waals surface area contributed by atoms with E-state index in [4.69, 9.17) is 9.56 Å². The summed E-state index contributed by atoms with van der Waals surface area (Å²) in [7, 11) is -3.77. The van der Waals surface area contributed by atoms with Crippen molar-refractivity contribution >= 4 is 26.6 Å². The molecule has 0 radical (unpaired) electrons. The Morgan fingerprint density at radius 1 is 1.07 bits per heavy atom. The van der Waals surface area contributed by atoms with Crippen LogP contribution in [0.3, 0.4) is 0 Å². The van der Waals surface area contributed by atoms with Crippen molar-refractivity contribution in [1.82, 2.24) is 4.98 Å². The van der Waals surface area contributed by atoms with E-state index in [1.54, 1.807) is 30.5 Å². The summed E-state index contributed by atoms with van der Waals surface area (Å²) in [4.78, 5) is 4.48. The second kappa shape index (κ2) is 7.23. The molecule has 2 aromatic heterocycles. The zero-order valence-corrected chi connectivity index (χ0v) is 16.3. The third-order valence-electron chi connectivity index (χ3n) is 4.64. The number of pyridine rings is 1. The average Bonchev–Trinajstić information content (AvgIpc) is 3.21. The normalized spacial score (nSPS) is 12.8. The van der Waals surface area contributed by atoms with Crippen LogP contribution in [0.4, 0.5) is 5.69 Å². The first kappa shape index (κ1) is 19.0. The van der Waals surface area contributed by atoms with Crippen LogP contribution in [0.15, 0.2) is 76.2 Å². The number of sulfonamides is 1. The van der Waals surface area contributed by atoms with Crippen molar-refractivity contribution < 1.29 is 17.9 Å². The van der Waals surface area contributed by atoms with E-state index in [0.29, 0.717) is 22.5 Å². The van der Waals surface area contributed by atoms with Gasteiger partial charge >= 0.3 is 0 Å². The second-order valence-corrected chi connectivity index (χ2v) is 8.25. The van der Waals surface area contributed by atoms with E-state index in [1.807, 2.05) is 31.2 Å². The van der Waals surface area contributed by atoms with Crippen LogP contribution >= 0.6 is 0 Å². The number of aromatic nitrogens is 1. The Morgan fingerprint density at radius 3 is 2.45 bits per heavy atom. The maximum atomic E-state index is 11.5. The van der Waals surface area contributed by atoms with Crippen molar-refractivity contribution in [1.29, 1.82) is 0 Å². The lowest BCUT2D eigenvalue weighted by molar-refractivity contribution is 0.458. The topological polar surface area (TPSA) is 118 Å². The number of aryl methyl sites for hydroxylation is 1. The summed E-state index contributed by atoms with van der Waals surface area (Å²) in [6.45, 7) is 1.86. The number of nitrogens with one attached hydrogen (secondary N) is 1. The van der Waals surface area contributed by atoms with Crippen molar-refractivity contribution in [3.63, 3.8) is 0 Å². The van der Waals surface area contributed by atoms with Crippen LogP contribution in [0, 0.1) is 6.92 Å². The highest BCUT2D eigenvalue weighted by atomic mass is 32.2. The second-order valence-electron chi connectivity index (χ2n) is 6.69. The van der Waals surface area contributed by atoms with Crippen molar-refractivity contribution in [3.05, 3.63) is 83.9 Å². The molecule has 0 saturated carbocycles. The molecule has 0 saturated heterocycles. The molecular formula is C21H19N3O4S. The van der Waals surface area contributed by atoms with Crippen molar-refractivity contribution in [2.75, 3.05) is 5.32 Å². The number of nitrogens with zero attached hydrogens (tertiary/aromatic N) is 1. The molecule has 7 nitrogen and oxygen atoms in total. The molecular weight excluding hydrogens is 390 g/mol. The lowest BCUT2D eigenvalue weighted by atomic mass is 10.00. The van der Waals surface area contributed by atoms with Crippen molar-refractivity contribution in [3.8, 4) is 5.75 Å². The number of benzene rings is 2. The first-order chi connectivity index (χ1) is 13.8. The highest BCUT2D eigenvalue weighted by Gasteiger charge is 2.22. The van der Waals surface area contributed by atoms with Crippen LogP contribution < -0.4 is 10.5 Å². The molecule has 1 atom stereocenters. The Hall–Kier alpha value is -3.36. The number of aromatic hydroxyl groups is 1. The van der Waals surface area contributed by atoms with Gasteiger partial charge in [0.1, 0.15) is 23.1 Å². The first-order valence-electron chi connectivity index (χ1n) is 8.85. The maximum Gasteiger partial charge on any atom is 0.238 e. The van der Waals surface area contributed by atoms with Gasteiger partial charge in [-0.1, -0.05) is 18.2 Å². The van der Waals surface area contributed by atoms with Crippen LogP contribution in [0.1, 0.15) is 23.1 Å². The molecule has 0 spiro atoms. The number of phenolic OH excluding ortho intramolecular Hbond substituents is 1. The molecule has 29 heavy (non-hydrogen) atoms. The summed E-state index contributed by atoms with van der Waals surface area (Å²) >= 11 is 0. The SMILES string of the molecule is Cc1ccc2ccc(C(Nc3ccc(S(N)(=O)=O)cc3)c3ccco3)c(O)c2n1. The van der Waals surface area contributed by atoms with Crippen LogP contribution in [0.25, 0.3) is 10.9 Å². The minimum atomic E-state index is -3.77. The van der Waals surface area contributed by atoms with Gasteiger partial charge in [-0.05, 0) is 49.4 Å². The Balaban J connectivity index is 1.78. The molecule has 148 valence electrons. The molecule has 4 aromatic rings. The highest BCUT2D eigenvalue weighted by molar-refractivity contribution is 7.89. The lowest BCUT2D eigenvalue weighted by Crippen LogP contribution is -2.14. The van der Waals surface area contributed by atoms with Gasteiger partial charge in [0.25, 0.3) is 0 Å². The van der Waals surface area contributed by atoms with Gasteiger partial charge in [-0.2, -0.15) is 0 Å². The number of anilines is 1. The number of furan rings is 1. The van der Waals surface area contributed by atoms with Crippen LogP contribution in [0.2, 0.25) is 0 Å². The third kappa shape index (κ3) is 3.80. The number of primary sulfonamides is 1. The van der Waals surface area contributed by atoms with Crippen molar-refractivity contribution in [2.45, 2.75) is 17.9 Å². The Labute approximate surface area is 167 Å². The van der Waals surface area contributed by atoms with Gasteiger partial charge < -0.3 is 14.8 Å². The molecule has 1 unspecified atom stereocenters. The molecule has 0 amide bonds. The molecule has 2 heterocycles. The number of fused-ring (bicyclic) bond motifs is 1. The molecule has 0 bridgehead atoms. The van der Waals surface area contributed by atoms with E-state index in [9.17, 15) is 13.5 Å². The summed E-state index contributed by atoms with van der Waals surface area (Å²) in [5, 5.41) is 20.2. The predicted octanol–water partition coefficient (Wildman–Crippen LogP) is 3.69. The summed E-state index contributed by atoms with van der Waals surface area (Å²) in [6.07, 6.45) is 1.55. The van der Waals surface area contributed by atoms with Crippen LogP contribution in [-0.4, -0.2) is 18.5 Å². The largest absolute Gasteiger partial charge is 0.505 e. The van der Waals surface area contributed by atoms with E-state index >= 15 is 0 Å². The number of nitrogens with two attached hydrogens (primary N) is 1. The minimum Gasteiger partial charge on any atom is -0.505 e. The van der Waals surface area contributed by atoms with Crippen molar-refractivity contribution in [2.24, 2.45) is 5.14 Å². The Bertz CT molecular complexity index is 1270. The Morgan fingerprint density at radius 2 is 1.79 bits per heavy atom. The molecule has 0 fully saturated rings. The Kier molecular flexibility index (Phi) is 4.73.